The van der Waals surface area contributed by atoms with E-state index in [4.69, 9.17) is 4.84 Å². The third-order valence-corrected chi connectivity index (χ3v) is 3.51. The minimum Gasteiger partial charge on any atom is -0.276 e. The SMILES string of the molecule is CCCCCCCCCCCCONc1cc[c]cc1. The van der Waals surface area contributed by atoms with E-state index in [2.05, 4.69) is 18.5 Å². The first-order valence-electron chi connectivity index (χ1n) is 8.27. The first kappa shape index (κ1) is 17.0. The van der Waals surface area contributed by atoms with Gasteiger partial charge in [-0.25, -0.2) is 0 Å². The lowest BCUT2D eigenvalue weighted by atomic mass is 10.1. The highest BCUT2D eigenvalue weighted by Gasteiger charge is 1.93. The molecule has 0 saturated heterocycles. The van der Waals surface area contributed by atoms with Crippen molar-refractivity contribution in [2.45, 2.75) is 71.1 Å². The molecule has 0 spiro atoms. The summed E-state index contributed by atoms with van der Waals surface area (Å²) >= 11 is 0. The maximum atomic E-state index is 5.43. The maximum absolute atomic E-state index is 5.43. The first-order valence-corrected chi connectivity index (χ1v) is 8.27. The standard InChI is InChI=1S/C18H30NO/c1-2-3-4-5-6-7-8-9-10-14-17-20-19-18-15-12-11-13-16-18/h12-13,15-16,19H,2-10,14,17H2,1H3. The van der Waals surface area contributed by atoms with E-state index < -0.39 is 0 Å². The van der Waals surface area contributed by atoms with Crippen LogP contribution in [0.3, 0.4) is 0 Å². The molecule has 0 aliphatic heterocycles. The van der Waals surface area contributed by atoms with E-state index in [1.807, 2.05) is 24.3 Å². The third-order valence-electron chi connectivity index (χ3n) is 3.51. The fourth-order valence-corrected chi connectivity index (χ4v) is 2.25. The average molecular weight is 276 g/mol. The van der Waals surface area contributed by atoms with Crippen LogP contribution in [0.15, 0.2) is 24.3 Å². The van der Waals surface area contributed by atoms with Gasteiger partial charge in [0.1, 0.15) is 0 Å². The molecule has 2 heteroatoms. The summed E-state index contributed by atoms with van der Waals surface area (Å²) in [6, 6.07) is 10.7. The summed E-state index contributed by atoms with van der Waals surface area (Å²) < 4.78 is 0. The highest BCUT2D eigenvalue weighted by molar-refractivity contribution is 5.39. The number of nitrogens with one attached hydrogen (secondary N) is 1. The van der Waals surface area contributed by atoms with Gasteiger partial charge in [0.15, 0.2) is 0 Å². The van der Waals surface area contributed by atoms with Crippen molar-refractivity contribution in [1.29, 1.82) is 0 Å². The Bertz CT molecular complexity index is 300. The van der Waals surface area contributed by atoms with Gasteiger partial charge in [0, 0.05) is 0 Å². The lowest BCUT2D eigenvalue weighted by molar-refractivity contribution is 0.187. The molecule has 0 aromatic heterocycles. The van der Waals surface area contributed by atoms with Gasteiger partial charge in [-0.05, 0) is 24.6 Å². The molecule has 20 heavy (non-hydrogen) atoms. The lowest BCUT2D eigenvalue weighted by Gasteiger charge is -2.06. The molecule has 1 radical (unpaired) electrons. The molecular formula is C18H30NO. The van der Waals surface area contributed by atoms with Crippen molar-refractivity contribution in [3.8, 4) is 0 Å². The summed E-state index contributed by atoms with van der Waals surface area (Å²) in [6.45, 7) is 3.06. The fourth-order valence-electron chi connectivity index (χ4n) is 2.25. The van der Waals surface area contributed by atoms with E-state index >= 15 is 0 Å². The third kappa shape index (κ3) is 9.85. The van der Waals surface area contributed by atoms with Gasteiger partial charge in [-0.15, -0.1) is 0 Å². The monoisotopic (exact) mass is 276 g/mol. The molecule has 0 saturated carbocycles. The number of rotatable bonds is 13. The van der Waals surface area contributed by atoms with E-state index in [0.717, 1.165) is 18.7 Å². The second-order valence-electron chi connectivity index (χ2n) is 5.42. The number of anilines is 1. The zero-order chi connectivity index (χ0) is 14.3. The Balaban J connectivity index is 1.77. The molecule has 0 unspecified atom stereocenters. The van der Waals surface area contributed by atoms with Gasteiger partial charge in [0.25, 0.3) is 0 Å². The Morgan fingerprint density at radius 1 is 0.850 bits per heavy atom. The van der Waals surface area contributed by atoms with Crippen molar-refractivity contribution in [1.82, 2.24) is 0 Å². The highest BCUT2D eigenvalue weighted by atomic mass is 16.6. The van der Waals surface area contributed by atoms with E-state index in [1.54, 1.807) is 0 Å². The summed E-state index contributed by atoms with van der Waals surface area (Å²) in [7, 11) is 0. The van der Waals surface area contributed by atoms with Gasteiger partial charge < -0.3 is 0 Å². The topological polar surface area (TPSA) is 21.3 Å². The highest BCUT2D eigenvalue weighted by Crippen LogP contribution is 2.10. The molecule has 0 atom stereocenters. The Morgan fingerprint density at radius 2 is 1.40 bits per heavy atom. The van der Waals surface area contributed by atoms with Gasteiger partial charge in [-0.1, -0.05) is 76.8 Å². The van der Waals surface area contributed by atoms with Crippen LogP contribution in [0.2, 0.25) is 0 Å². The van der Waals surface area contributed by atoms with Crippen LogP contribution in [-0.4, -0.2) is 6.61 Å². The fraction of sp³-hybridized carbons (Fsp3) is 0.667. The van der Waals surface area contributed by atoms with Crippen LogP contribution in [0.5, 0.6) is 0 Å². The van der Waals surface area contributed by atoms with Crippen LogP contribution < -0.4 is 5.48 Å². The molecule has 113 valence electrons. The van der Waals surface area contributed by atoms with Gasteiger partial charge in [-0.3, -0.25) is 10.3 Å². The maximum Gasteiger partial charge on any atom is 0.0746 e. The van der Waals surface area contributed by atoms with Crippen LogP contribution in [0.1, 0.15) is 71.1 Å². The molecule has 0 fully saturated rings. The minimum absolute atomic E-state index is 0.787. The molecule has 0 aliphatic rings. The zero-order valence-corrected chi connectivity index (χ0v) is 13.0. The van der Waals surface area contributed by atoms with Crippen LogP contribution in [0.4, 0.5) is 5.69 Å². The summed E-state index contributed by atoms with van der Waals surface area (Å²) in [5.74, 6) is 0. The summed E-state index contributed by atoms with van der Waals surface area (Å²) in [6.07, 6.45) is 13.6. The van der Waals surface area contributed by atoms with Crippen LogP contribution in [-0.2, 0) is 4.84 Å². The number of hydrogen-bond acceptors (Lipinski definition) is 2. The van der Waals surface area contributed by atoms with E-state index in [0.29, 0.717) is 0 Å². The quantitative estimate of drug-likeness (QED) is 0.366. The Morgan fingerprint density at radius 3 is 2.00 bits per heavy atom. The molecule has 1 aromatic rings. The Kier molecular flexibility index (Phi) is 11.1. The van der Waals surface area contributed by atoms with Gasteiger partial charge in [-0.2, -0.15) is 0 Å². The second kappa shape index (κ2) is 13.0. The zero-order valence-electron chi connectivity index (χ0n) is 13.0. The predicted octanol–water partition coefficient (Wildman–Crippen LogP) is 5.75. The first-order chi connectivity index (χ1) is 9.93. The molecular weight excluding hydrogens is 246 g/mol. The van der Waals surface area contributed by atoms with Crippen molar-refractivity contribution in [3.63, 3.8) is 0 Å². The molecule has 1 N–H and O–H groups in total. The molecule has 0 bridgehead atoms. The van der Waals surface area contributed by atoms with Gasteiger partial charge >= 0.3 is 0 Å². The Labute approximate surface area is 124 Å². The summed E-state index contributed by atoms with van der Waals surface area (Å²) in [5.41, 5.74) is 3.95. The molecule has 1 rings (SSSR count). The van der Waals surface area contributed by atoms with Crippen molar-refractivity contribution >= 4 is 5.69 Å². The van der Waals surface area contributed by atoms with Crippen molar-refractivity contribution in [2.24, 2.45) is 0 Å². The summed E-state index contributed by atoms with van der Waals surface area (Å²) in [4.78, 5) is 5.43. The van der Waals surface area contributed by atoms with E-state index in [-0.39, 0.29) is 0 Å². The number of benzene rings is 1. The molecule has 0 heterocycles. The molecule has 2 nitrogen and oxygen atoms in total. The van der Waals surface area contributed by atoms with Crippen LogP contribution in [0.25, 0.3) is 0 Å². The molecule has 0 amide bonds. The smallest absolute Gasteiger partial charge is 0.0746 e. The van der Waals surface area contributed by atoms with Crippen molar-refractivity contribution < 1.29 is 4.84 Å². The van der Waals surface area contributed by atoms with Crippen LogP contribution >= 0.6 is 0 Å². The predicted molar refractivity (Wildman–Crippen MR) is 86.7 cm³/mol. The minimum atomic E-state index is 0.787. The normalized spacial score (nSPS) is 10.7. The largest absolute Gasteiger partial charge is 0.276 e. The average Bonchev–Trinajstić information content (AvgIpc) is 2.49. The summed E-state index contributed by atoms with van der Waals surface area (Å²) in [5, 5.41) is 0. The van der Waals surface area contributed by atoms with E-state index in [1.165, 1.54) is 57.8 Å². The molecule has 1 aromatic carbocycles. The number of hydrogen-bond donors (Lipinski definition) is 1. The van der Waals surface area contributed by atoms with Crippen molar-refractivity contribution in [3.05, 3.63) is 30.3 Å². The van der Waals surface area contributed by atoms with E-state index in [9.17, 15) is 0 Å². The second-order valence-corrected chi connectivity index (χ2v) is 5.42. The van der Waals surface area contributed by atoms with Gasteiger partial charge in [0.2, 0.25) is 0 Å². The lowest BCUT2D eigenvalue weighted by Crippen LogP contribution is -2.02. The molecule has 0 aliphatic carbocycles. The van der Waals surface area contributed by atoms with Crippen molar-refractivity contribution in [2.75, 3.05) is 12.1 Å². The van der Waals surface area contributed by atoms with Gasteiger partial charge in [0.05, 0.1) is 12.3 Å². The number of unbranched alkanes of at least 4 members (excludes halogenated alkanes) is 9. The van der Waals surface area contributed by atoms with Crippen LogP contribution in [0, 0.1) is 6.07 Å². The Hall–Kier alpha value is -1.02.